The quantitative estimate of drug-likeness (QED) is 0.370. The van der Waals surface area contributed by atoms with E-state index in [2.05, 4.69) is 10.6 Å². The lowest BCUT2D eigenvalue weighted by atomic mass is 10.0. The summed E-state index contributed by atoms with van der Waals surface area (Å²) in [4.78, 5) is 36.7. The van der Waals surface area contributed by atoms with Crippen LogP contribution < -0.4 is 10.6 Å². The number of carboxylic acid groups (broad SMARTS) is 3. The van der Waals surface area contributed by atoms with Gasteiger partial charge in [0.25, 0.3) is 0 Å². The van der Waals surface area contributed by atoms with Crippen LogP contribution in [0.3, 0.4) is 0 Å². The monoisotopic (exact) mass is 374 g/mol. The largest absolute Gasteiger partial charge is 0.481 e. The zero-order valence-electron chi connectivity index (χ0n) is 15.0. The fourth-order valence-electron chi connectivity index (χ4n) is 3.03. The molecule has 0 radical (unpaired) electrons. The van der Waals surface area contributed by atoms with E-state index in [1.54, 1.807) is 4.90 Å². The number of rotatable bonds is 6. The fourth-order valence-corrected chi connectivity index (χ4v) is 3.03. The molecule has 1 unspecified atom stereocenters. The van der Waals surface area contributed by atoms with Crippen LogP contribution in [0.25, 0.3) is 0 Å². The van der Waals surface area contributed by atoms with E-state index < -0.39 is 17.9 Å². The van der Waals surface area contributed by atoms with Crippen molar-refractivity contribution in [2.75, 3.05) is 65.4 Å². The molecule has 1 aliphatic rings. The third kappa shape index (κ3) is 11.0. The minimum absolute atomic E-state index is 0.0212. The summed E-state index contributed by atoms with van der Waals surface area (Å²) in [6, 6.07) is 0. The first-order chi connectivity index (χ1) is 12.4. The van der Waals surface area contributed by atoms with Crippen LogP contribution in [0.4, 0.5) is 0 Å². The Morgan fingerprint density at radius 3 is 2.08 bits per heavy atom. The van der Waals surface area contributed by atoms with Gasteiger partial charge in [0.15, 0.2) is 0 Å². The molecule has 0 spiro atoms. The average Bonchev–Trinajstić information content (AvgIpc) is 2.51. The molecule has 5 N–H and O–H groups in total. The van der Waals surface area contributed by atoms with Crippen molar-refractivity contribution in [3.63, 3.8) is 0 Å². The molecule has 1 saturated heterocycles. The summed E-state index contributed by atoms with van der Waals surface area (Å²) in [5.41, 5.74) is 0. The van der Waals surface area contributed by atoms with Crippen molar-refractivity contribution in [2.45, 2.75) is 12.8 Å². The summed E-state index contributed by atoms with van der Waals surface area (Å²) in [6.45, 7) is 4.27. The molecule has 0 aliphatic carbocycles. The van der Waals surface area contributed by atoms with Crippen LogP contribution in [-0.2, 0) is 14.4 Å². The number of hydrogen-bond acceptors (Lipinski definition) is 7. The van der Waals surface area contributed by atoms with E-state index in [0.29, 0.717) is 52.4 Å². The van der Waals surface area contributed by atoms with Gasteiger partial charge in [0.05, 0.1) is 19.5 Å². The van der Waals surface area contributed by atoms with Gasteiger partial charge in [-0.25, -0.2) is 0 Å². The number of nitrogens with zero attached hydrogens (tertiary/aromatic N) is 2. The second-order valence-corrected chi connectivity index (χ2v) is 6.57. The van der Waals surface area contributed by atoms with E-state index in [0.717, 1.165) is 6.42 Å². The number of aliphatic carboxylic acids is 3. The maximum Gasteiger partial charge on any atom is 0.317 e. The highest BCUT2D eigenvalue weighted by Gasteiger charge is 2.19. The molecular weight excluding hydrogens is 344 g/mol. The molecule has 1 fully saturated rings. The molecule has 1 rings (SSSR count). The first-order valence-electron chi connectivity index (χ1n) is 8.88. The van der Waals surface area contributed by atoms with Gasteiger partial charge in [0.1, 0.15) is 0 Å². The topological polar surface area (TPSA) is 142 Å². The molecule has 10 nitrogen and oxygen atoms in total. The van der Waals surface area contributed by atoms with Crippen molar-refractivity contribution in [2.24, 2.45) is 5.92 Å². The summed E-state index contributed by atoms with van der Waals surface area (Å²) in [5, 5.41) is 33.6. The highest BCUT2D eigenvalue weighted by Crippen LogP contribution is 2.06. The Morgan fingerprint density at radius 2 is 1.42 bits per heavy atom. The van der Waals surface area contributed by atoms with Crippen molar-refractivity contribution in [1.29, 1.82) is 0 Å². The second-order valence-electron chi connectivity index (χ2n) is 6.57. The first-order valence-corrected chi connectivity index (χ1v) is 8.88. The number of carboxylic acids is 3. The molecular formula is C16H30N4O6. The van der Waals surface area contributed by atoms with Gasteiger partial charge >= 0.3 is 17.9 Å². The molecule has 1 heterocycles. The molecule has 1 atom stereocenters. The van der Waals surface area contributed by atoms with Gasteiger partial charge in [-0.1, -0.05) is 0 Å². The molecule has 10 heteroatoms. The van der Waals surface area contributed by atoms with Crippen molar-refractivity contribution >= 4 is 17.9 Å². The van der Waals surface area contributed by atoms with Crippen LogP contribution in [0, 0.1) is 5.92 Å². The molecule has 0 aromatic rings. The van der Waals surface area contributed by atoms with Crippen LogP contribution >= 0.6 is 0 Å². The molecule has 0 aromatic heterocycles. The van der Waals surface area contributed by atoms with Gasteiger partial charge in [-0.05, 0) is 32.0 Å². The Kier molecular flexibility index (Phi) is 10.8. The Hall–Kier alpha value is -1.75. The smallest absolute Gasteiger partial charge is 0.317 e. The SMILES string of the molecule is O=C(O)CC1CNCCN(CC(=O)O)CCCNCCN(CC(=O)O)C1. The summed E-state index contributed by atoms with van der Waals surface area (Å²) in [6.07, 6.45) is 0.753. The van der Waals surface area contributed by atoms with Gasteiger partial charge in [0, 0.05) is 32.7 Å². The number of carbonyl (C=O) groups is 3. The molecule has 150 valence electrons. The van der Waals surface area contributed by atoms with Gasteiger partial charge in [-0.15, -0.1) is 0 Å². The van der Waals surface area contributed by atoms with Crippen LogP contribution in [-0.4, -0.2) is 108 Å². The van der Waals surface area contributed by atoms with E-state index in [4.69, 9.17) is 15.3 Å². The van der Waals surface area contributed by atoms with Gasteiger partial charge in [0.2, 0.25) is 0 Å². The van der Waals surface area contributed by atoms with Crippen molar-refractivity contribution in [3.05, 3.63) is 0 Å². The third-order valence-corrected chi connectivity index (χ3v) is 4.17. The predicted octanol–water partition coefficient (Wildman–Crippen LogP) is -1.57. The summed E-state index contributed by atoms with van der Waals surface area (Å²) in [7, 11) is 0. The Bertz CT molecular complexity index is 462. The van der Waals surface area contributed by atoms with Crippen molar-refractivity contribution < 1.29 is 29.7 Å². The molecule has 0 bridgehead atoms. The van der Waals surface area contributed by atoms with E-state index in [1.165, 1.54) is 0 Å². The zero-order chi connectivity index (χ0) is 19.4. The first kappa shape index (κ1) is 22.3. The lowest BCUT2D eigenvalue weighted by Gasteiger charge is -2.27. The second kappa shape index (κ2) is 12.6. The van der Waals surface area contributed by atoms with Crippen LogP contribution in [0.1, 0.15) is 12.8 Å². The Labute approximate surface area is 153 Å². The van der Waals surface area contributed by atoms with E-state index in [-0.39, 0.29) is 25.4 Å². The standard InChI is InChI=1S/C16H30N4O6/c21-14(22)8-13-9-18-4-6-19(11-15(23)24)5-1-2-17-3-7-20(10-13)12-16(25)26/h13,17-18H,1-12H2,(H,21,22)(H,23,24)(H,25,26). The van der Waals surface area contributed by atoms with Gasteiger partial charge in [-0.2, -0.15) is 0 Å². The van der Waals surface area contributed by atoms with Crippen LogP contribution in [0.2, 0.25) is 0 Å². The lowest BCUT2D eigenvalue weighted by molar-refractivity contribution is -0.140. The van der Waals surface area contributed by atoms with Crippen molar-refractivity contribution in [3.8, 4) is 0 Å². The molecule has 26 heavy (non-hydrogen) atoms. The summed E-state index contributed by atoms with van der Waals surface area (Å²) >= 11 is 0. The maximum absolute atomic E-state index is 11.1. The van der Waals surface area contributed by atoms with Gasteiger partial charge < -0.3 is 26.0 Å². The highest BCUT2D eigenvalue weighted by molar-refractivity contribution is 5.69. The van der Waals surface area contributed by atoms with E-state index >= 15 is 0 Å². The molecule has 0 aromatic carbocycles. The molecule has 1 aliphatic heterocycles. The normalized spacial score (nSPS) is 22.4. The minimum atomic E-state index is -0.933. The maximum atomic E-state index is 11.1. The zero-order valence-corrected chi connectivity index (χ0v) is 15.0. The Balaban J connectivity index is 2.67. The predicted molar refractivity (Wildman–Crippen MR) is 94.3 cm³/mol. The third-order valence-electron chi connectivity index (χ3n) is 4.17. The number of nitrogens with one attached hydrogen (secondary N) is 2. The fraction of sp³-hybridized carbons (Fsp3) is 0.812. The molecule has 0 amide bonds. The van der Waals surface area contributed by atoms with E-state index in [9.17, 15) is 14.4 Å². The Morgan fingerprint density at radius 1 is 0.808 bits per heavy atom. The van der Waals surface area contributed by atoms with Gasteiger partial charge in [-0.3, -0.25) is 24.2 Å². The summed E-state index contributed by atoms with van der Waals surface area (Å²) in [5.74, 6) is -2.94. The van der Waals surface area contributed by atoms with Crippen LogP contribution in [0.5, 0.6) is 0 Å². The average molecular weight is 374 g/mol. The minimum Gasteiger partial charge on any atom is -0.481 e. The highest BCUT2D eigenvalue weighted by atomic mass is 16.4. The number of hydrogen-bond donors (Lipinski definition) is 5. The lowest BCUT2D eigenvalue weighted by Crippen LogP contribution is -2.44. The summed E-state index contributed by atoms with van der Waals surface area (Å²) < 4.78 is 0. The molecule has 0 saturated carbocycles. The van der Waals surface area contributed by atoms with Crippen molar-refractivity contribution in [1.82, 2.24) is 20.4 Å². The van der Waals surface area contributed by atoms with Crippen LogP contribution in [0.15, 0.2) is 0 Å². The van der Waals surface area contributed by atoms with E-state index in [1.807, 2.05) is 4.90 Å².